The molecule has 0 atom stereocenters. The molecule has 1 aromatic carbocycles. The van der Waals surface area contributed by atoms with Crippen molar-refractivity contribution in [3.8, 4) is 5.75 Å². The van der Waals surface area contributed by atoms with Gasteiger partial charge >= 0.3 is 12.0 Å². The highest BCUT2D eigenvalue weighted by Crippen LogP contribution is 2.32. The lowest BCUT2D eigenvalue weighted by Gasteiger charge is -2.10. The quantitative estimate of drug-likeness (QED) is 0.585. The van der Waals surface area contributed by atoms with Crippen molar-refractivity contribution >= 4 is 11.7 Å². The number of carboxylic acid groups (broad SMARTS) is 1. The Balaban J connectivity index is 3.23. The van der Waals surface area contributed by atoms with E-state index in [1.54, 1.807) is 0 Å². The van der Waals surface area contributed by atoms with E-state index in [0.29, 0.717) is 18.2 Å². The van der Waals surface area contributed by atoms with Gasteiger partial charge in [-0.1, -0.05) is 0 Å². The number of rotatable bonds is 3. The van der Waals surface area contributed by atoms with E-state index in [-0.39, 0.29) is 0 Å². The van der Waals surface area contributed by atoms with Crippen LogP contribution in [0.1, 0.15) is 10.4 Å². The average molecular weight is 250 g/mol. The predicted octanol–water partition coefficient (Wildman–Crippen LogP) is 0.857. The number of ether oxygens (including phenoxy) is 1. The summed E-state index contributed by atoms with van der Waals surface area (Å²) in [5, 5.41) is 20.8. The summed E-state index contributed by atoms with van der Waals surface area (Å²) in [6, 6.07) is 1.68. The summed E-state index contributed by atoms with van der Waals surface area (Å²) in [6.07, 6.45) is -5.10. The smallest absolute Gasteiger partial charge is 0.545 e. The predicted molar refractivity (Wildman–Crippen MR) is 44.1 cm³/mol. The normalized spacial score (nSPS) is 11.0. The number of halogens is 3. The van der Waals surface area contributed by atoms with Crippen LogP contribution in [-0.2, 0) is 0 Å². The van der Waals surface area contributed by atoms with Crippen molar-refractivity contribution in [2.24, 2.45) is 0 Å². The van der Waals surface area contributed by atoms with E-state index in [1.807, 2.05) is 0 Å². The first-order chi connectivity index (χ1) is 7.70. The number of aromatic carboxylic acids is 1. The molecule has 0 aliphatic rings. The number of carbonyl (C=O) groups excluding carboxylic acids is 1. The summed E-state index contributed by atoms with van der Waals surface area (Å²) >= 11 is 0. The number of benzene rings is 1. The van der Waals surface area contributed by atoms with Crippen LogP contribution in [0.5, 0.6) is 5.75 Å². The van der Waals surface area contributed by atoms with Crippen molar-refractivity contribution < 1.29 is 32.7 Å². The molecule has 0 aromatic heterocycles. The standard InChI is InChI=1S/C8H4F3NO5/c9-8(10,11)17-6-2-1-4(7(13)14)3-5(6)12(15)16/h1-3H,(H,13,14)/p-1. The maximum absolute atomic E-state index is 11.9. The molecule has 0 aliphatic carbocycles. The van der Waals surface area contributed by atoms with Crippen molar-refractivity contribution in [2.45, 2.75) is 6.36 Å². The summed E-state index contributed by atoms with van der Waals surface area (Å²) in [5.74, 6) is -2.83. The molecule has 0 saturated heterocycles. The van der Waals surface area contributed by atoms with Gasteiger partial charge in [-0.3, -0.25) is 10.1 Å². The number of nitro groups is 1. The van der Waals surface area contributed by atoms with Crippen LogP contribution in [0.2, 0.25) is 0 Å². The molecular formula is C8H3F3NO5-. The molecule has 0 unspecified atom stereocenters. The highest BCUT2D eigenvalue weighted by atomic mass is 19.4. The number of hydrogen-bond acceptors (Lipinski definition) is 5. The van der Waals surface area contributed by atoms with Gasteiger partial charge in [0.2, 0.25) is 5.75 Å². The zero-order valence-corrected chi connectivity index (χ0v) is 7.85. The Labute approximate surface area is 91.4 Å². The molecule has 6 nitrogen and oxygen atoms in total. The van der Waals surface area contributed by atoms with Gasteiger partial charge in [0.05, 0.1) is 10.9 Å². The molecule has 1 aromatic rings. The molecule has 0 spiro atoms. The summed E-state index contributed by atoms with van der Waals surface area (Å²) in [7, 11) is 0. The molecule has 92 valence electrons. The largest absolute Gasteiger partial charge is 0.573 e. The van der Waals surface area contributed by atoms with Crippen LogP contribution < -0.4 is 9.84 Å². The SMILES string of the molecule is O=C([O-])c1ccc(OC(F)(F)F)c([N+](=O)[O-])c1. The molecule has 0 radical (unpaired) electrons. The Morgan fingerprint density at radius 1 is 1.35 bits per heavy atom. The van der Waals surface area contributed by atoms with Crippen molar-refractivity contribution in [3.63, 3.8) is 0 Å². The molecular weight excluding hydrogens is 247 g/mol. The zero-order chi connectivity index (χ0) is 13.2. The van der Waals surface area contributed by atoms with Gasteiger partial charge in [0.1, 0.15) is 0 Å². The Bertz CT molecular complexity index is 471. The van der Waals surface area contributed by atoms with Crippen LogP contribution in [0, 0.1) is 10.1 Å². The van der Waals surface area contributed by atoms with E-state index >= 15 is 0 Å². The van der Waals surface area contributed by atoms with E-state index in [2.05, 4.69) is 4.74 Å². The van der Waals surface area contributed by atoms with Gasteiger partial charge in [-0.2, -0.15) is 0 Å². The van der Waals surface area contributed by atoms with Crippen LogP contribution in [0.25, 0.3) is 0 Å². The van der Waals surface area contributed by atoms with E-state index in [1.165, 1.54) is 0 Å². The molecule has 1 rings (SSSR count). The summed E-state index contributed by atoms with van der Waals surface area (Å²) in [4.78, 5) is 19.6. The number of hydrogen-bond donors (Lipinski definition) is 0. The maximum Gasteiger partial charge on any atom is 0.573 e. The van der Waals surface area contributed by atoms with Crippen molar-refractivity contribution in [1.29, 1.82) is 0 Å². The molecule has 0 bridgehead atoms. The number of carboxylic acids is 1. The second-order valence-electron chi connectivity index (χ2n) is 2.77. The first-order valence-electron chi connectivity index (χ1n) is 3.96. The average Bonchev–Trinajstić information content (AvgIpc) is 2.14. The van der Waals surface area contributed by atoms with Crippen LogP contribution in [0.3, 0.4) is 0 Å². The highest BCUT2D eigenvalue weighted by Gasteiger charge is 2.34. The van der Waals surface area contributed by atoms with Gasteiger partial charge < -0.3 is 14.6 Å². The topological polar surface area (TPSA) is 92.5 Å². The lowest BCUT2D eigenvalue weighted by Crippen LogP contribution is -2.23. The Morgan fingerprint density at radius 2 is 1.94 bits per heavy atom. The van der Waals surface area contributed by atoms with Gasteiger partial charge in [-0.15, -0.1) is 13.2 Å². The van der Waals surface area contributed by atoms with Gasteiger partial charge in [-0.05, 0) is 12.1 Å². The molecule has 0 saturated carbocycles. The lowest BCUT2D eigenvalue weighted by molar-refractivity contribution is -0.388. The zero-order valence-electron chi connectivity index (χ0n) is 7.85. The maximum atomic E-state index is 11.9. The van der Waals surface area contributed by atoms with Crippen LogP contribution in [0.4, 0.5) is 18.9 Å². The fourth-order valence-corrected chi connectivity index (χ4v) is 0.998. The minimum atomic E-state index is -5.10. The highest BCUT2D eigenvalue weighted by molar-refractivity contribution is 5.87. The molecule has 17 heavy (non-hydrogen) atoms. The Morgan fingerprint density at radius 3 is 2.35 bits per heavy atom. The minimum absolute atomic E-state index is 0.427. The number of alkyl halides is 3. The monoisotopic (exact) mass is 250 g/mol. The Hall–Kier alpha value is -2.32. The van der Waals surface area contributed by atoms with Gasteiger partial charge in [0.25, 0.3) is 0 Å². The fourth-order valence-electron chi connectivity index (χ4n) is 0.998. The number of nitro benzene ring substituents is 1. The molecule has 0 amide bonds. The first-order valence-corrected chi connectivity index (χ1v) is 3.96. The van der Waals surface area contributed by atoms with E-state index in [4.69, 9.17) is 0 Å². The second-order valence-corrected chi connectivity index (χ2v) is 2.77. The lowest BCUT2D eigenvalue weighted by atomic mass is 10.2. The minimum Gasteiger partial charge on any atom is -0.545 e. The van der Waals surface area contributed by atoms with E-state index in [9.17, 15) is 33.2 Å². The summed E-state index contributed by atoms with van der Waals surface area (Å²) in [6.45, 7) is 0. The molecule has 0 fully saturated rings. The summed E-state index contributed by atoms with van der Waals surface area (Å²) < 4.78 is 39.0. The van der Waals surface area contributed by atoms with E-state index < -0.39 is 34.3 Å². The summed E-state index contributed by atoms with van der Waals surface area (Å²) in [5.41, 5.74) is -1.73. The second kappa shape index (κ2) is 4.28. The van der Waals surface area contributed by atoms with Crippen molar-refractivity contribution in [3.05, 3.63) is 33.9 Å². The van der Waals surface area contributed by atoms with Crippen LogP contribution >= 0.6 is 0 Å². The van der Waals surface area contributed by atoms with E-state index in [0.717, 1.165) is 0 Å². The third kappa shape index (κ3) is 3.33. The van der Waals surface area contributed by atoms with Crippen LogP contribution in [0.15, 0.2) is 18.2 Å². The van der Waals surface area contributed by atoms with Gasteiger partial charge in [0.15, 0.2) is 0 Å². The Kier molecular flexibility index (Phi) is 3.21. The van der Waals surface area contributed by atoms with Gasteiger partial charge in [-0.25, -0.2) is 0 Å². The molecule has 0 heterocycles. The van der Waals surface area contributed by atoms with Gasteiger partial charge in [0, 0.05) is 11.6 Å². The van der Waals surface area contributed by atoms with Crippen molar-refractivity contribution in [1.82, 2.24) is 0 Å². The molecule has 9 heteroatoms. The molecule has 0 N–H and O–H groups in total. The van der Waals surface area contributed by atoms with Crippen LogP contribution in [-0.4, -0.2) is 17.3 Å². The molecule has 0 aliphatic heterocycles. The van der Waals surface area contributed by atoms with Crippen molar-refractivity contribution in [2.75, 3.05) is 0 Å². The number of nitrogens with zero attached hydrogens (tertiary/aromatic N) is 1. The third-order valence-electron chi connectivity index (χ3n) is 1.62. The third-order valence-corrected chi connectivity index (χ3v) is 1.62. The number of carbonyl (C=O) groups is 1. The fraction of sp³-hybridized carbons (Fsp3) is 0.125. The first kappa shape index (κ1) is 12.7.